The van der Waals surface area contributed by atoms with Crippen LogP contribution in [0, 0.1) is 6.92 Å². The van der Waals surface area contributed by atoms with Crippen molar-refractivity contribution in [3.05, 3.63) is 78.4 Å². The van der Waals surface area contributed by atoms with Crippen molar-refractivity contribution in [3.63, 3.8) is 0 Å². The topological polar surface area (TPSA) is 96.2 Å². The Morgan fingerprint density at radius 1 is 1.06 bits per heavy atom. The molecule has 0 bridgehead atoms. The Morgan fingerprint density at radius 3 is 2.51 bits per heavy atom. The molecule has 0 N–H and O–H groups in total. The van der Waals surface area contributed by atoms with Gasteiger partial charge in [-0.15, -0.1) is 10.2 Å². The smallest absolute Gasteiger partial charge is 0.196 e. The van der Waals surface area contributed by atoms with Crippen molar-refractivity contribution in [2.24, 2.45) is 0 Å². The fraction of sp³-hybridized carbons (Fsp3) is 0.240. The molecule has 182 valence electrons. The maximum Gasteiger partial charge on any atom is 0.196 e. The maximum atomic E-state index is 11.7. The van der Waals surface area contributed by atoms with Crippen molar-refractivity contribution in [2.45, 2.75) is 23.6 Å². The van der Waals surface area contributed by atoms with E-state index in [-0.39, 0.29) is 6.61 Å². The van der Waals surface area contributed by atoms with Crippen LogP contribution in [-0.2, 0) is 21.2 Å². The largest absolute Gasteiger partial charge is 0.486 e. The Morgan fingerprint density at radius 2 is 1.86 bits per heavy atom. The second-order valence-electron chi connectivity index (χ2n) is 7.85. The number of aromatic nitrogens is 4. The highest BCUT2D eigenvalue weighted by Crippen LogP contribution is 2.29. The van der Waals surface area contributed by atoms with Crippen LogP contribution in [0.1, 0.15) is 11.4 Å². The monoisotopic (exact) mass is 510 g/mol. The third kappa shape index (κ3) is 6.08. The molecule has 0 saturated carbocycles. The van der Waals surface area contributed by atoms with Crippen LogP contribution in [0.5, 0.6) is 5.75 Å². The average molecular weight is 511 g/mol. The van der Waals surface area contributed by atoms with Crippen molar-refractivity contribution >= 4 is 21.6 Å². The van der Waals surface area contributed by atoms with Crippen LogP contribution in [0.25, 0.3) is 16.8 Å². The molecule has 0 spiro atoms. The molecule has 2 aromatic carbocycles. The van der Waals surface area contributed by atoms with Crippen molar-refractivity contribution in [3.8, 4) is 22.6 Å². The molecule has 0 unspecified atom stereocenters. The van der Waals surface area contributed by atoms with E-state index in [9.17, 15) is 8.42 Å². The second-order valence-corrected chi connectivity index (χ2v) is 10.9. The molecular formula is C25H26N4O4S2. The molecule has 0 aliphatic heterocycles. The minimum atomic E-state index is -3.23. The van der Waals surface area contributed by atoms with Gasteiger partial charge in [-0.1, -0.05) is 30.0 Å². The molecular weight excluding hydrogens is 484 g/mol. The summed E-state index contributed by atoms with van der Waals surface area (Å²) in [6.07, 6.45) is 4.69. The number of rotatable bonds is 10. The summed E-state index contributed by atoms with van der Waals surface area (Å²) in [6.45, 7) is 2.84. The van der Waals surface area contributed by atoms with Crippen molar-refractivity contribution in [2.75, 3.05) is 25.7 Å². The Kier molecular flexibility index (Phi) is 7.84. The number of pyridine rings is 1. The Labute approximate surface area is 209 Å². The van der Waals surface area contributed by atoms with E-state index in [1.807, 2.05) is 54.0 Å². The highest BCUT2D eigenvalue weighted by Gasteiger charge is 2.16. The summed E-state index contributed by atoms with van der Waals surface area (Å²) in [5.74, 6) is 2.12. The summed E-state index contributed by atoms with van der Waals surface area (Å²) in [5.41, 5.74) is 3.82. The van der Waals surface area contributed by atoms with Gasteiger partial charge in [0.15, 0.2) is 20.8 Å². The molecule has 0 fully saturated rings. The lowest BCUT2D eigenvalue weighted by molar-refractivity contribution is 0.218. The maximum absolute atomic E-state index is 11.7. The minimum absolute atomic E-state index is 0.231. The van der Waals surface area contributed by atoms with Gasteiger partial charge in [0.25, 0.3) is 0 Å². The van der Waals surface area contributed by atoms with Crippen LogP contribution < -0.4 is 4.74 Å². The molecule has 0 aliphatic rings. The van der Waals surface area contributed by atoms with Crippen LogP contribution in [0.4, 0.5) is 0 Å². The van der Waals surface area contributed by atoms with E-state index in [2.05, 4.69) is 15.2 Å². The van der Waals surface area contributed by atoms with Crippen molar-refractivity contribution < 1.29 is 17.9 Å². The van der Waals surface area contributed by atoms with Gasteiger partial charge in [0.05, 0.1) is 23.4 Å². The summed E-state index contributed by atoms with van der Waals surface area (Å²) in [4.78, 5) is 4.52. The number of nitrogens with zero attached hydrogens (tertiary/aromatic N) is 4. The Bertz CT molecular complexity index is 1390. The number of hydrogen-bond acceptors (Lipinski definition) is 8. The van der Waals surface area contributed by atoms with E-state index in [0.29, 0.717) is 23.1 Å². The van der Waals surface area contributed by atoms with Gasteiger partial charge in [-0.3, -0.25) is 9.55 Å². The Balaban J connectivity index is 1.52. The summed E-state index contributed by atoms with van der Waals surface area (Å²) < 4.78 is 36.6. The van der Waals surface area contributed by atoms with Crippen LogP contribution in [0.2, 0.25) is 0 Å². The van der Waals surface area contributed by atoms with Crippen molar-refractivity contribution in [1.29, 1.82) is 0 Å². The van der Waals surface area contributed by atoms with E-state index < -0.39 is 9.84 Å². The van der Waals surface area contributed by atoms with Crippen LogP contribution in [0.3, 0.4) is 0 Å². The number of aryl methyl sites for hydroxylation is 1. The summed E-state index contributed by atoms with van der Waals surface area (Å²) >= 11 is 1.56. The lowest BCUT2D eigenvalue weighted by atomic mass is 10.0. The van der Waals surface area contributed by atoms with Crippen LogP contribution in [0.15, 0.2) is 77.0 Å². The summed E-state index contributed by atoms with van der Waals surface area (Å²) in [6, 6.07) is 16.5. The number of ether oxygens (including phenoxy) is 2. The zero-order chi connectivity index (χ0) is 24.8. The fourth-order valence-electron chi connectivity index (χ4n) is 3.53. The number of methoxy groups -OCH3 is 1. The third-order valence-corrected chi connectivity index (χ3v) is 7.30. The van der Waals surface area contributed by atoms with Gasteiger partial charge in [0.1, 0.15) is 12.4 Å². The van der Waals surface area contributed by atoms with E-state index in [4.69, 9.17) is 9.47 Å². The van der Waals surface area contributed by atoms with Gasteiger partial charge >= 0.3 is 0 Å². The first kappa shape index (κ1) is 24.9. The molecule has 0 radical (unpaired) electrons. The second kappa shape index (κ2) is 11.0. The molecule has 10 heteroatoms. The number of hydrogen-bond donors (Lipinski definition) is 0. The number of benzene rings is 2. The quantitative estimate of drug-likeness (QED) is 0.229. The molecule has 0 amide bonds. The highest BCUT2D eigenvalue weighted by molar-refractivity contribution is 7.99. The first-order valence-electron chi connectivity index (χ1n) is 10.9. The van der Waals surface area contributed by atoms with Gasteiger partial charge in [0, 0.05) is 25.3 Å². The minimum Gasteiger partial charge on any atom is -0.486 e. The first-order chi connectivity index (χ1) is 16.9. The molecule has 0 aliphatic carbocycles. The molecule has 4 aromatic rings. The summed E-state index contributed by atoms with van der Waals surface area (Å²) in [5, 5.41) is 9.44. The molecule has 8 nitrogen and oxygen atoms in total. The third-order valence-electron chi connectivity index (χ3n) is 5.28. The number of thioether (sulfide) groups is 1. The van der Waals surface area contributed by atoms with Crippen molar-refractivity contribution in [1.82, 2.24) is 19.7 Å². The SMILES string of the molecule is COCCSc1nnc(COc2ccc(-c3ccc(S(C)(=O)=O)cc3)c(C)c2)n1-c1cccnc1. The van der Waals surface area contributed by atoms with Gasteiger partial charge in [0.2, 0.25) is 0 Å². The van der Waals surface area contributed by atoms with Gasteiger partial charge in [-0.05, 0) is 60.0 Å². The molecule has 2 aromatic heterocycles. The van der Waals surface area contributed by atoms with Gasteiger partial charge < -0.3 is 9.47 Å². The molecule has 4 rings (SSSR count). The summed E-state index contributed by atoms with van der Waals surface area (Å²) in [7, 11) is -1.56. The molecule has 0 saturated heterocycles. The Hall–Kier alpha value is -3.21. The number of sulfone groups is 1. The van der Waals surface area contributed by atoms with E-state index >= 15 is 0 Å². The van der Waals surface area contributed by atoms with E-state index in [1.165, 1.54) is 6.26 Å². The zero-order valence-electron chi connectivity index (χ0n) is 19.7. The van der Waals surface area contributed by atoms with Crippen LogP contribution in [-0.4, -0.2) is 53.9 Å². The predicted octanol–water partition coefficient (Wildman–Crippen LogP) is 4.36. The molecule has 0 atom stereocenters. The van der Waals surface area contributed by atoms with Gasteiger partial charge in [-0.2, -0.15) is 0 Å². The standard InChI is InChI=1S/C25H26N4O4S2/c1-18-15-21(8-11-23(18)19-6-9-22(10-7-19)35(3,30)31)33-17-24-27-28-25(34-14-13-32-2)29(24)20-5-4-12-26-16-20/h4-12,15-16H,13-14,17H2,1-3H3. The molecule has 35 heavy (non-hydrogen) atoms. The van der Waals surface area contributed by atoms with Gasteiger partial charge in [-0.25, -0.2) is 8.42 Å². The predicted molar refractivity (Wildman–Crippen MR) is 136 cm³/mol. The lowest BCUT2D eigenvalue weighted by Crippen LogP contribution is -2.07. The zero-order valence-corrected chi connectivity index (χ0v) is 21.3. The normalized spacial score (nSPS) is 11.5. The fourth-order valence-corrected chi connectivity index (χ4v) is 5.03. The lowest BCUT2D eigenvalue weighted by Gasteiger charge is -2.12. The van der Waals surface area contributed by atoms with E-state index in [1.54, 1.807) is 43.4 Å². The van der Waals surface area contributed by atoms with Crippen LogP contribution >= 0.6 is 11.8 Å². The van der Waals surface area contributed by atoms with E-state index in [0.717, 1.165) is 33.3 Å². The highest BCUT2D eigenvalue weighted by atomic mass is 32.2. The first-order valence-corrected chi connectivity index (χ1v) is 13.7. The molecule has 2 heterocycles. The average Bonchev–Trinajstić information content (AvgIpc) is 3.26.